The average molecular weight is 382 g/mol. The Bertz CT molecular complexity index is 1160. The predicted molar refractivity (Wildman–Crippen MR) is 107 cm³/mol. The molecule has 0 spiro atoms. The van der Waals surface area contributed by atoms with Crippen molar-refractivity contribution in [3.8, 4) is 0 Å². The van der Waals surface area contributed by atoms with Gasteiger partial charge >= 0.3 is 0 Å². The fourth-order valence-electron chi connectivity index (χ4n) is 4.78. The molecule has 2 atom stereocenters. The van der Waals surface area contributed by atoms with E-state index in [-0.39, 0.29) is 0 Å². The molecule has 140 valence electrons. The lowest BCUT2D eigenvalue weighted by Crippen LogP contribution is -2.32. The van der Waals surface area contributed by atoms with Gasteiger partial charge in [0.2, 0.25) is 9.84 Å². The molecule has 0 saturated carbocycles. The van der Waals surface area contributed by atoms with Crippen LogP contribution >= 0.6 is 0 Å². The second kappa shape index (κ2) is 5.84. The highest BCUT2D eigenvalue weighted by Crippen LogP contribution is 2.42. The number of hydrogen-bond donors (Lipinski definition) is 2. The van der Waals surface area contributed by atoms with Crippen molar-refractivity contribution < 1.29 is 8.42 Å². The molecular formula is C21H23N3O2S. The number of nitrogens with zero attached hydrogens (tertiary/aromatic N) is 1. The number of rotatable bonds is 3. The minimum atomic E-state index is -3.60. The summed E-state index contributed by atoms with van der Waals surface area (Å²) < 4.78 is 28.9. The van der Waals surface area contributed by atoms with Gasteiger partial charge in [-0.1, -0.05) is 12.1 Å². The van der Waals surface area contributed by atoms with E-state index in [2.05, 4.69) is 22.2 Å². The molecule has 6 heteroatoms. The van der Waals surface area contributed by atoms with Crippen LogP contribution in [0.3, 0.4) is 0 Å². The van der Waals surface area contributed by atoms with E-state index >= 15 is 0 Å². The average Bonchev–Trinajstić information content (AvgIpc) is 3.20. The van der Waals surface area contributed by atoms with Gasteiger partial charge in [0, 0.05) is 49.2 Å². The van der Waals surface area contributed by atoms with Gasteiger partial charge in [-0.3, -0.25) is 0 Å². The largest absolute Gasteiger partial charge is 0.387 e. The summed E-state index contributed by atoms with van der Waals surface area (Å²) in [6.45, 7) is 0. The van der Waals surface area contributed by atoms with Crippen LogP contribution in [0.25, 0.3) is 10.9 Å². The van der Waals surface area contributed by atoms with E-state index in [4.69, 9.17) is 0 Å². The third kappa shape index (κ3) is 2.36. The van der Waals surface area contributed by atoms with Crippen LogP contribution in [0.15, 0.2) is 52.3 Å². The van der Waals surface area contributed by atoms with E-state index in [0.29, 0.717) is 27.6 Å². The molecule has 1 aromatic heterocycles. The van der Waals surface area contributed by atoms with E-state index in [9.17, 15) is 8.42 Å². The molecule has 3 heterocycles. The van der Waals surface area contributed by atoms with Gasteiger partial charge in [-0.05, 0) is 48.7 Å². The molecule has 1 fully saturated rings. The quantitative estimate of drug-likeness (QED) is 0.730. The molecule has 2 aromatic carbocycles. The second-order valence-corrected chi connectivity index (χ2v) is 9.46. The Labute approximate surface area is 159 Å². The number of aromatic nitrogens is 1. The number of para-hydroxylation sites is 1. The summed E-state index contributed by atoms with van der Waals surface area (Å²) in [4.78, 5) is 0.668. The van der Waals surface area contributed by atoms with Crippen LogP contribution in [0.1, 0.15) is 30.1 Å². The van der Waals surface area contributed by atoms with Crippen LogP contribution in [0, 0.1) is 0 Å². The topological polar surface area (TPSA) is 63.1 Å². The summed E-state index contributed by atoms with van der Waals surface area (Å²) in [5.74, 6) is 0. The lowest BCUT2D eigenvalue weighted by Gasteiger charge is -2.23. The number of anilines is 1. The zero-order valence-electron chi connectivity index (χ0n) is 15.5. The van der Waals surface area contributed by atoms with Crippen molar-refractivity contribution in [3.63, 3.8) is 0 Å². The maximum atomic E-state index is 13.3. The SMILES string of the molecule is CNc1ccccc1S(=O)(=O)c1ccc2c(c1)c1c(n2C)CC2CCC1N2. The normalized spacial score (nSPS) is 21.4. The first-order chi connectivity index (χ1) is 13.0. The van der Waals surface area contributed by atoms with E-state index in [0.717, 1.165) is 23.7 Å². The summed E-state index contributed by atoms with van der Waals surface area (Å²) in [6, 6.07) is 13.5. The summed E-state index contributed by atoms with van der Waals surface area (Å²) in [5, 5.41) is 7.74. The van der Waals surface area contributed by atoms with Gasteiger partial charge in [0.15, 0.2) is 0 Å². The predicted octanol–water partition coefficient (Wildman–Crippen LogP) is 3.40. The van der Waals surface area contributed by atoms with Crippen LogP contribution < -0.4 is 10.6 Å². The molecule has 2 N–H and O–H groups in total. The first-order valence-electron chi connectivity index (χ1n) is 9.40. The second-order valence-electron chi connectivity index (χ2n) is 7.55. The van der Waals surface area contributed by atoms with Crippen LogP contribution in [0.5, 0.6) is 0 Å². The molecular weight excluding hydrogens is 358 g/mol. The Morgan fingerprint density at radius 3 is 2.78 bits per heavy atom. The summed E-state index contributed by atoms with van der Waals surface area (Å²) in [7, 11) is 0.241. The third-order valence-electron chi connectivity index (χ3n) is 6.12. The number of aryl methyl sites for hydroxylation is 1. The van der Waals surface area contributed by atoms with Crippen molar-refractivity contribution in [1.82, 2.24) is 9.88 Å². The molecule has 1 saturated heterocycles. The molecule has 27 heavy (non-hydrogen) atoms. The van der Waals surface area contributed by atoms with Crippen molar-refractivity contribution in [2.24, 2.45) is 7.05 Å². The Balaban J connectivity index is 1.72. The van der Waals surface area contributed by atoms with E-state index in [1.54, 1.807) is 31.3 Å². The Morgan fingerprint density at radius 1 is 1.15 bits per heavy atom. The summed E-state index contributed by atoms with van der Waals surface area (Å²) >= 11 is 0. The molecule has 0 aliphatic carbocycles. The highest BCUT2D eigenvalue weighted by atomic mass is 32.2. The smallest absolute Gasteiger partial charge is 0.208 e. The first kappa shape index (κ1) is 16.8. The number of hydrogen-bond acceptors (Lipinski definition) is 4. The lowest BCUT2D eigenvalue weighted by molar-refractivity contribution is 0.503. The standard InChI is InChI=1S/C21H23N3O2S/c1-22-16-5-3-4-6-20(16)27(25,26)14-8-10-18-15(12-14)21-17-9-7-13(23-17)11-19(21)24(18)2/h3-6,8,10,12-13,17,22-23H,7,9,11H2,1-2H3. The van der Waals surface area contributed by atoms with Crippen LogP contribution in [0.2, 0.25) is 0 Å². The number of fused-ring (bicyclic) bond motifs is 6. The van der Waals surface area contributed by atoms with Crippen LogP contribution in [-0.2, 0) is 23.3 Å². The zero-order chi connectivity index (χ0) is 18.8. The van der Waals surface area contributed by atoms with E-state index in [1.807, 2.05) is 18.2 Å². The lowest BCUT2D eigenvalue weighted by atomic mass is 9.99. The molecule has 5 nitrogen and oxygen atoms in total. The van der Waals surface area contributed by atoms with Crippen molar-refractivity contribution in [2.45, 2.75) is 41.1 Å². The van der Waals surface area contributed by atoms with Gasteiger partial charge < -0.3 is 15.2 Å². The van der Waals surface area contributed by atoms with Gasteiger partial charge in [-0.25, -0.2) is 8.42 Å². The maximum Gasteiger partial charge on any atom is 0.208 e. The molecule has 3 aromatic rings. The molecule has 0 amide bonds. The molecule has 5 rings (SSSR count). The van der Waals surface area contributed by atoms with Gasteiger partial charge in [0.05, 0.1) is 15.5 Å². The maximum absolute atomic E-state index is 13.3. The zero-order valence-corrected chi connectivity index (χ0v) is 16.3. The fourth-order valence-corrected chi connectivity index (χ4v) is 6.27. The van der Waals surface area contributed by atoms with Crippen molar-refractivity contribution in [2.75, 3.05) is 12.4 Å². The Kier molecular flexibility index (Phi) is 3.64. The summed E-state index contributed by atoms with van der Waals surface area (Å²) in [5.41, 5.74) is 4.37. The van der Waals surface area contributed by atoms with Crippen molar-refractivity contribution in [3.05, 3.63) is 53.7 Å². The molecule has 2 aliphatic heterocycles. The minimum absolute atomic E-state index is 0.315. The highest BCUT2D eigenvalue weighted by molar-refractivity contribution is 7.91. The highest BCUT2D eigenvalue weighted by Gasteiger charge is 2.36. The van der Waals surface area contributed by atoms with Gasteiger partial charge in [-0.2, -0.15) is 0 Å². The van der Waals surface area contributed by atoms with Gasteiger partial charge in [0.1, 0.15) is 0 Å². The molecule has 2 unspecified atom stereocenters. The summed E-state index contributed by atoms with van der Waals surface area (Å²) in [6.07, 6.45) is 3.33. The van der Waals surface area contributed by atoms with Crippen LogP contribution in [-0.4, -0.2) is 26.1 Å². The number of sulfone groups is 1. The third-order valence-corrected chi connectivity index (χ3v) is 7.93. The first-order valence-corrected chi connectivity index (χ1v) is 10.9. The van der Waals surface area contributed by atoms with E-state index in [1.165, 1.54) is 17.7 Å². The number of benzene rings is 2. The monoisotopic (exact) mass is 381 g/mol. The molecule has 2 bridgehead atoms. The molecule has 0 radical (unpaired) electrons. The van der Waals surface area contributed by atoms with E-state index < -0.39 is 9.84 Å². The minimum Gasteiger partial charge on any atom is -0.387 e. The van der Waals surface area contributed by atoms with Gasteiger partial charge in [-0.15, -0.1) is 0 Å². The Morgan fingerprint density at radius 2 is 1.96 bits per heavy atom. The number of nitrogens with one attached hydrogen (secondary N) is 2. The van der Waals surface area contributed by atoms with Crippen molar-refractivity contribution in [1.29, 1.82) is 0 Å². The fraction of sp³-hybridized carbons (Fsp3) is 0.333. The molecule has 2 aliphatic rings. The van der Waals surface area contributed by atoms with Crippen molar-refractivity contribution >= 4 is 26.4 Å². The Hall–Kier alpha value is -2.31. The van der Waals surface area contributed by atoms with Gasteiger partial charge in [0.25, 0.3) is 0 Å². The van der Waals surface area contributed by atoms with Crippen LogP contribution in [0.4, 0.5) is 5.69 Å².